The van der Waals surface area contributed by atoms with Gasteiger partial charge in [-0.2, -0.15) is 0 Å². The van der Waals surface area contributed by atoms with Crippen LogP contribution in [-0.2, 0) is 16.0 Å². The second kappa shape index (κ2) is 10.3. The molecule has 0 bridgehead atoms. The summed E-state index contributed by atoms with van der Waals surface area (Å²) >= 11 is 3.47. The lowest BCUT2D eigenvalue weighted by atomic mass is 10.0. The van der Waals surface area contributed by atoms with E-state index in [2.05, 4.69) is 35.1 Å². The van der Waals surface area contributed by atoms with E-state index in [0.29, 0.717) is 24.3 Å². The number of nitrogens with one attached hydrogen (secondary N) is 1. The third-order valence-corrected chi connectivity index (χ3v) is 4.78. The Bertz CT molecular complexity index is 834. The van der Waals surface area contributed by atoms with Crippen LogP contribution in [0.5, 0.6) is 5.75 Å². The van der Waals surface area contributed by atoms with Gasteiger partial charge in [0.1, 0.15) is 5.75 Å². The minimum atomic E-state index is -0.223. The fourth-order valence-corrected chi connectivity index (χ4v) is 3.10. The summed E-state index contributed by atoms with van der Waals surface area (Å²) in [5, 5.41) is 2.85. The standard InChI is InChI=1S/C22H27BrN2O3/c1-15(2)19-13-17(23)9-10-20(19)28-14-21(26)24-18-7-5-6-16(12-18)8-11-22(27)25(3)4/h5-7,9-10,12-13,15H,8,11,14H2,1-4H3,(H,24,26). The Morgan fingerprint density at radius 1 is 1.14 bits per heavy atom. The summed E-state index contributed by atoms with van der Waals surface area (Å²) in [7, 11) is 3.49. The molecule has 0 radical (unpaired) electrons. The van der Waals surface area contributed by atoms with E-state index in [-0.39, 0.29) is 24.3 Å². The van der Waals surface area contributed by atoms with Gasteiger partial charge >= 0.3 is 0 Å². The fraction of sp³-hybridized carbons (Fsp3) is 0.364. The number of halogens is 1. The monoisotopic (exact) mass is 446 g/mol. The van der Waals surface area contributed by atoms with Gasteiger partial charge in [0.2, 0.25) is 5.91 Å². The number of ether oxygens (including phenoxy) is 1. The molecule has 0 aromatic heterocycles. The molecule has 2 aromatic rings. The van der Waals surface area contributed by atoms with Gasteiger partial charge in [0, 0.05) is 30.7 Å². The van der Waals surface area contributed by atoms with E-state index in [1.54, 1.807) is 19.0 Å². The first-order valence-electron chi connectivity index (χ1n) is 9.27. The highest BCUT2D eigenvalue weighted by Gasteiger charge is 2.11. The molecule has 2 amide bonds. The Kier molecular flexibility index (Phi) is 8.05. The Morgan fingerprint density at radius 2 is 1.89 bits per heavy atom. The van der Waals surface area contributed by atoms with Crippen molar-refractivity contribution in [1.82, 2.24) is 4.90 Å². The molecule has 0 saturated heterocycles. The van der Waals surface area contributed by atoms with Crippen LogP contribution in [0.2, 0.25) is 0 Å². The molecule has 0 aliphatic carbocycles. The van der Waals surface area contributed by atoms with Gasteiger partial charge in [0.15, 0.2) is 6.61 Å². The lowest BCUT2D eigenvalue weighted by Gasteiger charge is -2.15. The number of hydrogen-bond acceptors (Lipinski definition) is 3. The van der Waals surface area contributed by atoms with Crippen LogP contribution in [0.4, 0.5) is 5.69 Å². The van der Waals surface area contributed by atoms with Crippen LogP contribution >= 0.6 is 15.9 Å². The average molecular weight is 447 g/mol. The molecular weight excluding hydrogens is 420 g/mol. The fourth-order valence-electron chi connectivity index (χ4n) is 2.72. The van der Waals surface area contributed by atoms with Gasteiger partial charge in [-0.1, -0.05) is 41.9 Å². The number of carbonyl (C=O) groups is 2. The molecule has 0 aliphatic rings. The number of nitrogens with zero attached hydrogens (tertiary/aromatic N) is 1. The maximum atomic E-state index is 12.3. The molecular formula is C22H27BrN2O3. The molecule has 0 heterocycles. The number of benzene rings is 2. The number of hydrogen-bond donors (Lipinski definition) is 1. The first kappa shape index (κ1) is 22.0. The van der Waals surface area contributed by atoms with Gasteiger partial charge in [-0.15, -0.1) is 0 Å². The van der Waals surface area contributed by atoms with Crippen molar-refractivity contribution < 1.29 is 14.3 Å². The zero-order chi connectivity index (χ0) is 20.7. The van der Waals surface area contributed by atoms with Crippen LogP contribution in [-0.4, -0.2) is 37.4 Å². The van der Waals surface area contributed by atoms with E-state index in [0.717, 1.165) is 15.6 Å². The van der Waals surface area contributed by atoms with Crippen molar-refractivity contribution in [3.05, 3.63) is 58.1 Å². The lowest BCUT2D eigenvalue weighted by molar-refractivity contribution is -0.128. The molecule has 2 aromatic carbocycles. The molecule has 5 nitrogen and oxygen atoms in total. The van der Waals surface area contributed by atoms with Crippen molar-refractivity contribution in [3.63, 3.8) is 0 Å². The molecule has 0 aliphatic heterocycles. The summed E-state index contributed by atoms with van der Waals surface area (Å²) in [6.45, 7) is 4.10. The van der Waals surface area contributed by atoms with Crippen LogP contribution in [0, 0.1) is 0 Å². The molecule has 0 atom stereocenters. The zero-order valence-electron chi connectivity index (χ0n) is 16.8. The Morgan fingerprint density at radius 3 is 2.57 bits per heavy atom. The largest absolute Gasteiger partial charge is 0.483 e. The van der Waals surface area contributed by atoms with E-state index < -0.39 is 0 Å². The summed E-state index contributed by atoms with van der Waals surface area (Å²) < 4.78 is 6.72. The van der Waals surface area contributed by atoms with Crippen molar-refractivity contribution in [2.45, 2.75) is 32.6 Å². The van der Waals surface area contributed by atoms with Gasteiger partial charge in [-0.25, -0.2) is 0 Å². The van der Waals surface area contributed by atoms with Gasteiger partial charge in [0.25, 0.3) is 5.91 Å². The number of carbonyl (C=O) groups excluding carboxylic acids is 2. The second-order valence-electron chi connectivity index (χ2n) is 7.16. The maximum Gasteiger partial charge on any atom is 0.262 e. The quantitative estimate of drug-likeness (QED) is 0.643. The smallest absolute Gasteiger partial charge is 0.262 e. The van der Waals surface area contributed by atoms with Crippen molar-refractivity contribution >= 4 is 33.4 Å². The minimum absolute atomic E-state index is 0.0648. The van der Waals surface area contributed by atoms with Crippen LogP contribution in [0.25, 0.3) is 0 Å². The zero-order valence-corrected chi connectivity index (χ0v) is 18.4. The summed E-state index contributed by atoms with van der Waals surface area (Å²) in [5.74, 6) is 0.860. The van der Waals surface area contributed by atoms with Gasteiger partial charge in [-0.3, -0.25) is 9.59 Å². The van der Waals surface area contributed by atoms with E-state index in [4.69, 9.17) is 4.74 Å². The average Bonchev–Trinajstić information content (AvgIpc) is 2.65. The molecule has 1 N–H and O–H groups in total. The highest BCUT2D eigenvalue weighted by atomic mass is 79.9. The van der Waals surface area contributed by atoms with Gasteiger partial charge in [-0.05, 0) is 53.8 Å². The third kappa shape index (κ3) is 6.68. The van der Waals surface area contributed by atoms with Gasteiger partial charge < -0.3 is 15.0 Å². The van der Waals surface area contributed by atoms with Crippen LogP contribution < -0.4 is 10.1 Å². The summed E-state index contributed by atoms with van der Waals surface area (Å²) in [5.41, 5.74) is 2.75. The Balaban J connectivity index is 1.93. The van der Waals surface area contributed by atoms with E-state index in [1.807, 2.05) is 42.5 Å². The molecule has 2 rings (SSSR count). The molecule has 0 saturated carbocycles. The van der Waals surface area contributed by atoms with Crippen molar-refractivity contribution in [1.29, 1.82) is 0 Å². The van der Waals surface area contributed by atoms with Crippen LogP contribution in [0.15, 0.2) is 46.9 Å². The van der Waals surface area contributed by atoms with Crippen molar-refractivity contribution in [2.24, 2.45) is 0 Å². The van der Waals surface area contributed by atoms with Crippen molar-refractivity contribution in [2.75, 3.05) is 26.0 Å². The SMILES string of the molecule is CC(C)c1cc(Br)ccc1OCC(=O)Nc1cccc(CCC(=O)N(C)C)c1. The predicted octanol–water partition coefficient (Wildman–Crippen LogP) is 4.61. The summed E-state index contributed by atoms with van der Waals surface area (Å²) in [6, 6.07) is 13.3. The molecule has 6 heteroatoms. The van der Waals surface area contributed by atoms with E-state index in [1.165, 1.54) is 0 Å². The van der Waals surface area contributed by atoms with Crippen LogP contribution in [0.3, 0.4) is 0 Å². The highest BCUT2D eigenvalue weighted by molar-refractivity contribution is 9.10. The number of aryl methyl sites for hydroxylation is 1. The second-order valence-corrected chi connectivity index (χ2v) is 8.08. The van der Waals surface area contributed by atoms with E-state index >= 15 is 0 Å². The molecule has 0 fully saturated rings. The summed E-state index contributed by atoms with van der Waals surface area (Å²) in [4.78, 5) is 25.6. The molecule has 150 valence electrons. The third-order valence-electron chi connectivity index (χ3n) is 4.29. The molecule has 0 spiro atoms. The first-order chi connectivity index (χ1) is 13.3. The normalized spacial score (nSPS) is 10.6. The van der Waals surface area contributed by atoms with Gasteiger partial charge in [0.05, 0.1) is 0 Å². The van der Waals surface area contributed by atoms with E-state index in [9.17, 15) is 9.59 Å². The molecule has 28 heavy (non-hydrogen) atoms. The number of amides is 2. The summed E-state index contributed by atoms with van der Waals surface area (Å²) in [6.07, 6.45) is 1.07. The highest BCUT2D eigenvalue weighted by Crippen LogP contribution is 2.29. The Labute approximate surface area is 175 Å². The van der Waals surface area contributed by atoms with Crippen molar-refractivity contribution in [3.8, 4) is 5.75 Å². The molecule has 0 unspecified atom stereocenters. The lowest BCUT2D eigenvalue weighted by Crippen LogP contribution is -2.22. The first-order valence-corrected chi connectivity index (χ1v) is 10.1. The maximum absolute atomic E-state index is 12.3. The number of anilines is 1. The topological polar surface area (TPSA) is 58.6 Å². The minimum Gasteiger partial charge on any atom is -0.483 e. The Hall–Kier alpha value is -2.34. The number of rotatable bonds is 8. The predicted molar refractivity (Wildman–Crippen MR) is 116 cm³/mol. The van der Waals surface area contributed by atoms with Crippen LogP contribution in [0.1, 0.15) is 37.3 Å².